The molecule has 2 aromatic heterocycles. The summed E-state index contributed by atoms with van der Waals surface area (Å²) in [5.74, 6) is 0.808. The predicted octanol–water partition coefficient (Wildman–Crippen LogP) is 4.21. The van der Waals surface area contributed by atoms with E-state index >= 15 is 0 Å². The molecule has 2 N–H and O–H groups in total. The van der Waals surface area contributed by atoms with Gasteiger partial charge < -0.3 is 14.1 Å². The van der Waals surface area contributed by atoms with Crippen LogP contribution in [0.15, 0.2) is 45.7 Å². The molecule has 0 spiro atoms. The lowest BCUT2D eigenvalue weighted by Gasteiger charge is -2.21. The summed E-state index contributed by atoms with van der Waals surface area (Å²) in [7, 11) is 0. The summed E-state index contributed by atoms with van der Waals surface area (Å²) in [5, 5.41) is 11.2. The average Bonchev–Trinajstić information content (AvgIpc) is 3.63. The van der Waals surface area contributed by atoms with Gasteiger partial charge >= 0.3 is 5.63 Å². The van der Waals surface area contributed by atoms with Gasteiger partial charge in [-0.25, -0.2) is 14.8 Å². The zero-order chi connectivity index (χ0) is 23.7. The second kappa shape index (κ2) is 9.68. The van der Waals surface area contributed by atoms with Crippen molar-refractivity contribution in [3.63, 3.8) is 0 Å². The zero-order valence-electron chi connectivity index (χ0n) is 18.7. The van der Waals surface area contributed by atoms with Gasteiger partial charge in [0.1, 0.15) is 11.5 Å². The smallest absolute Gasteiger partial charge is 0.343 e. The molecule has 2 heterocycles. The lowest BCUT2D eigenvalue weighted by atomic mass is 9.85. The van der Waals surface area contributed by atoms with E-state index < -0.39 is 16.9 Å². The Bertz CT molecular complexity index is 1270. The molecule has 1 saturated carbocycles. The number of rotatable bonds is 6. The van der Waals surface area contributed by atoms with E-state index in [0.717, 1.165) is 61.6 Å². The summed E-state index contributed by atoms with van der Waals surface area (Å²) in [4.78, 5) is 21.2. The Kier molecular flexibility index (Phi) is 6.47. The molecular formula is C25H26N3O5S-. The van der Waals surface area contributed by atoms with Crippen LogP contribution in [0.25, 0.3) is 11.3 Å². The molecule has 2 aliphatic rings. The van der Waals surface area contributed by atoms with Gasteiger partial charge in [-0.3, -0.25) is 8.93 Å². The van der Waals surface area contributed by atoms with E-state index in [-0.39, 0.29) is 23.5 Å². The molecule has 2 atom stereocenters. The second-order valence-corrected chi connectivity index (χ2v) is 9.68. The maximum atomic E-state index is 13.1. The molecule has 0 saturated heterocycles. The Morgan fingerprint density at radius 2 is 1.82 bits per heavy atom. The summed E-state index contributed by atoms with van der Waals surface area (Å²) in [6, 6.07) is 9.35. The van der Waals surface area contributed by atoms with Crippen LogP contribution in [0.3, 0.4) is 0 Å². The molecule has 0 amide bonds. The standard InChI is InChI=1S/C25H27N3O5S/c29-23-18-5-3-1-2-4-6-20(18)33-24(30)22(23)21(17-11-12-17)16-9-7-15(8-10-16)19-13-14-26-25(27-19)28-34(31)32/h7-10,13-14,17,21,29H,1-6,11-12H2,(H,31,32)(H,26,27,28)/p-1. The maximum absolute atomic E-state index is 13.1. The third kappa shape index (κ3) is 4.76. The summed E-state index contributed by atoms with van der Waals surface area (Å²) in [6.07, 6.45) is 9.07. The van der Waals surface area contributed by atoms with Crippen LogP contribution in [0.1, 0.15) is 66.9 Å². The van der Waals surface area contributed by atoms with Gasteiger partial charge in [-0.1, -0.05) is 37.1 Å². The van der Waals surface area contributed by atoms with Gasteiger partial charge in [0.05, 0.1) is 11.3 Å². The topological polar surface area (TPSA) is 128 Å². The van der Waals surface area contributed by atoms with Crippen molar-refractivity contribution in [1.29, 1.82) is 0 Å². The van der Waals surface area contributed by atoms with Crippen LogP contribution in [0.5, 0.6) is 5.75 Å². The van der Waals surface area contributed by atoms with Gasteiger partial charge in [0.2, 0.25) is 5.95 Å². The molecule has 9 heteroatoms. The van der Waals surface area contributed by atoms with Crippen molar-refractivity contribution in [2.24, 2.45) is 5.92 Å². The molecule has 2 aliphatic carbocycles. The number of aryl methyl sites for hydroxylation is 1. The number of nitrogens with one attached hydrogen (secondary N) is 1. The minimum Gasteiger partial charge on any atom is -0.755 e. The number of aromatic hydroxyl groups is 1. The highest BCUT2D eigenvalue weighted by atomic mass is 32.2. The number of anilines is 1. The highest BCUT2D eigenvalue weighted by Gasteiger charge is 2.38. The average molecular weight is 481 g/mol. The highest BCUT2D eigenvalue weighted by molar-refractivity contribution is 7.80. The van der Waals surface area contributed by atoms with Gasteiger partial charge in [-0.2, -0.15) is 0 Å². The molecule has 0 aliphatic heterocycles. The van der Waals surface area contributed by atoms with Crippen LogP contribution in [0, 0.1) is 5.92 Å². The van der Waals surface area contributed by atoms with E-state index in [0.29, 0.717) is 23.4 Å². The van der Waals surface area contributed by atoms with Crippen molar-refractivity contribution in [3.05, 3.63) is 69.4 Å². The Morgan fingerprint density at radius 3 is 2.53 bits per heavy atom. The van der Waals surface area contributed by atoms with Crippen molar-refractivity contribution in [2.45, 2.75) is 57.3 Å². The van der Waals surface area contributed by atoms with E-state index in [1.54, 1.807) is 6.07 Å². The number of benzene rings is 1. The molecule has 3 aromatic rings. The van der Waals surface area contributed by atoms with Crippen LogP contribution in [-0.2, 0) is 24.1 Å². The Hall–Kier alpha value is -3.04. The minimum atomic E-state index is -2.51. The predicted molar refractivity (Wildman–Crippen MR) is 127 cm³/mol. The Morgan fingerprint density at radius 1 is 1.09 bits per heavy atom. The largest absolute Gasteiger partial charge is 0.755 e. The van der Waals surface area contributed by atoms with Crippen molar-refractivity contribution in [2.75, 3.05) is 4.72 Å². The first-order valence-electron chi connectivity index (χ1n) is 11.7. The number of nitrogens with zero attached hydrogens (tertiary/aromatic N) is 2. The Labute approximate surface area is 199 Å². The monoisotopic (exact) mass is 480 g/mol. The van der Waals surface area contributed by atoms with Crippen LogP contribution < -0.4 is 10.3 Å². The van der Waals surface area contributed by atoms with E-state index in [4.69, 9.17) is 4.42 Å². The van der Waals surface area contributed by atoms with Gasteiger partial charge in [0.15, 0.2) is 0 Å². The number of hydrogen-bond acceptors (Lipinski definition) is 7. The zero-order valence-corrected chi connectivity index (χ0v) is 19.5. The number of aromatic nitrogens is 2. The molecule has 1 fully saturated rings. The molecule has 34 heavy (non-hydrogen) atoms. The third-order valence-corrected chi connectivity index (χ3v) is 7.04. The first-order chi connectivity index (χ1) is 16.5. The van der Waals surface area contributed by atoms with Crippen LogP contribution in [0.4, 0.5) is 5.95 Å². The first-order valence-corrected chi connectivity index (χ1v) is 12.8. The van der Waals surface area contributed by atoms with E-state index in [1.165, 1.54) is 6.20 Å². The van der Waals surface area contributed by atoms with Crippen molar-refractivity contribution in [3.8, 4) is 17.0 Å². The van der Waals surface area contributed by atoms with Crippen LogP contribution in [0.2, 0.25) is 0 Å². The lowest BCUT2D eigenvalue weighted by molar-refractivity contribution is 0.382. The highest BCUT2D eigenvalue weighted by Crippen LogP contribution is 2.48. The van der Waals surface area contributed by atoms with E-state index in [9.17, 15) is 18.7 Å². The third-order valence-electron chi connectivity index (χ3n) is 6.69. The summed E-state index contributed by atoms with van der Waals surface area (Å²) < 4.78 is 29.7. The van der Waals surface area contributed by atoms with Crippen LogP contribution >= 0.6 is 0 Å². The van der Waals surface area contributed by atoms with Crippen molar-refractivity contribution >= 4 is 17.2 Å². The molecule has 5 rings (SSSR count). The fraction of sp³-hybridized carbons (Fsp3) is 0.400. The Balaban J connectivity index is 1.50. The quantitative estimate of drug-likeness (QED) is 0.506. The lowest BCUT2D eigenvalue weighted by Crippen LogP contribution is -2.19. The summed E-state index contributed by atoms with van der Waals surface area (Å²) >= 11 is -2.51. The molecular weight excluding hydrogens is 454 g/mol. The van der Waals surface area contributed by atoms with E-state index in [1.807, 2.05) is 24.3 Å². The molecule has 0 bridgehead atoms. The fourth-order valence-corrected chi connectivity index (χ4v) is 5.15. The minimum absolute atomic E-state index is 0.00549. The van der Waals surface area contributed by atoms with Crippen LogP contribution in [-0.4, -0.2) is 23.8 Å². The van der Waals surface area contributed by atoms with E-state index in [2.05, 4.69) is 14.7 Å². The molecule has 1 aromatic carbocycles. The van der Waals surface area contributed by atoms with Crippen molar-refractivity contribution < 1.29 is 18.3 Å². The summed E-state index contributed by atoms with van der Waals surface area (Å²) in [5.41, 5.74) is 3.03. The molecule has 0 radical (unpaired) electrons. The molecule has 2 unspecified atom stereocenters. The SMILES string of the molecule is O=c1oc2c(c(O)c1C(c1ccc(-c3ccnc(NS(=O)[O-])n3)cc1)C1CC1)CCCCCC2. The van der Waals surface area contributed by atoms with Gasteiger partial charge in [0, 0.05) is 40.9 Å². The number of fused-ring (bicyclic) bond motifs is 1. The first kappa shape index (κ1) is 22.7. The van der Waals surface area contributed by atoms with Gasteiger partial charge in [-0.05, 0) is 49.7 Å². The summed E-state index contributed by atoms with van der Waals surface area (Å²) in [6.45, 7) is 0. The second-order valence-electron chi connectivity index (χ2n) is 9.01. The maximum Gasteiger partial charge on any atom is 0.343 e. The van der Waals surface area contributed by atoms with Gasteiger partial charge in [0.25, 0.3) is 0 Å². The fourth-order valence-electron chi connectivity index (χ4n) is 4.90. The molecule has 8 nitrogen and oxygen atoms in total. The number of hydrogen-bond donors (Lipinski definition) is 2. The van der Waals surface area contributed by atoms with Gasteiger partial charge in [-0.15, -0.1) is 0 Å². The molecule has 178 valence electrons. The van der Waals surface area contributed by atoms with Crippen molar-refractivity contribution in [1.82, 2.24) is 9.97 Å². The normalized spacial score (nSPS) is 17.8.